The molecule has 2 heterocycles. The van der Waals surface area contributed by atoms with Gasteiger partial charge in [0.15, 0.2) is 0 Å². The average Bonchev–Trinajstić information content (AvgIpc) is 2.81. The Bertz CT molecular complexity index is 960. The summed E-state index contributed by atoms with van der Waals surface area (Å²) >= 11 is 0. The highest BCUT2D eigenvalue weighted by Gasteiger charge is 2.35. The first kappa shape index (κ1) is 20.1. The van der Waals surface area contributed by atoms with Crippen LogP contribution in [-0.2, 0) is 21.2 Å². The van der Waals surface area contributed by atoms with Crippen molar-refractivity contribution in [2.75, 3.05) is 26.2 Å². The number of sulfonamides is 1. The molecule has 1 saturated carbocycles. The van der Waals surface area contributed by atoms with Crippen molar-refractivity contribution in [1.82, 2.24) is 9.80 Å². The molecule has 6 nitrogen and oxygen atoms in total. The molecule has 0 aromatic heterocycles. The van der Waals surface area contributed by atoms with Gasteiger partial charge in [-0.3, -0.25) is 4.79 Å². The summed E-state index contributed by atoms with van der Waals surface area (Å²) in [5, 5.41) is 0. The van der Waals surface area contributed by atoms with Crippen LogP contribution in [-0.4, -0.2) is 56.1 Å². The molecular weight excluding hydrogens is 386 g/mol. The van der Waals surface area contributed by atoms with Gasteiger partial charge in [0.25, 0.3) is 10.0 Å². The Morgan fingerprint density at radius 2 is 1.79 bits per heavy atom. The lowest BCUT2D eigenvalue weighted by Gasteiger charge is -2.31. The standard InChI is InChI=1S/C22H29N3O3S/c1-3-17-8-10-18(11-9-17)20-16(2)21(23-29(20,27)28)24-12-5-13-25(15-14-24)22(26)19-6-4-7-19/h8-11,19H,3-7,12-15H2,1-2H3. The van der Waals surface area contributed by atoms with Crippen molar-refractivity contribution >= 4 is 26.7 Å². The molecular formula is C22H29N3O3S. The van der Waals surface area contributed by atoms with Crippen LogP contribution < -0.4 is 0 Å². The molecule has 29 heavy (non-hydrogen) atoms. The van der Waals surface area contributed by atoms with Crippen LogP contribution in [0.4, 0.5) is 0 Å². The van der Waals surface area contributed by atoms with Gasteiger partial charge in [-0.05, 0) is 43.7 Å². The minimum Gasteiger partial charge on any atom is -0.354 e. The minimum atomic E-state index is -3.71. The van der Waals surface area contributed by atoms with Crippen LogP contribution >= 0.6 is 0 Å². The van der Waals surface area contributed by atoms with Crippen LogP contribution in [0.15, 0.2) is 34.2 Å². The number of carbonyl (C=O) groups is 1. The van der Waals surface area contributed by atoms with Crippen LogP contribution in [0, 0.1) is 5.92 Å². The zero-order valence-corrected chi connectivity index (χ0v) is 18.0. The Morgan fingerprint density at radius 1 is 1.07 bits per heavy atom. The monoisotopic (exact) mass is 415 g/mol. The van der Waals surface area contributed by atoms with E-state index >= 15 is 0 Å². The third-order valence-electron chi connectivity index (χ3n) is 6.33. The topological polar surface area (TPSA) is 70.0 Å². The average molecular weight is 416 g/mol. The molecule has 2 aliphatic heterocycles. The van der Waals surface area contributed by atoms with E-state index < -0.39 is 10.0 Å². The number of rotatable bonds is 3. The lowest BCUT2D eigenvalue weighted by atomic mass is 9.84. The highest BCUT2D eigenvalue weighted by Crippen LogP contribution is 2.34. The quantitative estimate of drug-likeness (QED) is 0.761. The van der Waals surface area contributed by atoms with Gasteiger partial charge in [0.1, 0.15) is 10.7 Å². The number of carbonyl (C=O) groups excluding carboxylic acids is 1. The van der Waals surface area contributed by atoms with E-state index in [1.807, 2.05) is 41.0 Å². The van der Waals surface area contributed by atoms with Gasteiger partial charge in [-0.25, -0.2) is 0 Å². The summed E-state index contributed by atoms with van der Waals surface area (Å²) in [5.41, 5.74) is 2.57. The second kappa shape index (κ2) is 7.94. The van der Waals surface area contributed by atoms with Crippen molar-refractivity contribution in [2.45, 2.75) is 46.0 Å². The van der Waals surface area contributed by atoms with E-state index in [4.69, 9.17) is 0 Å². The number of amides is 1. The maximum absolute atomic E-state index is 12.8. The SMILES string of the molecule is CCc1ccc(C2=C(C)C(N3CCCN(C(=O)C4CCC4)CC3)=NS2(=O)=O)cc1. The molecule has 2 fully saturated rings. The number of hydrogen-bond acceptors (Lipinski definition) is 4. The summed E-state index contributed by atoms with van der Waals surface area (Å²) in [5.74, 6) is 1.01. The molecule has 0 N–H and O–H groups in total. The van der Waals surface area contributed by atoms with Gasteiger partial charge in [-0.1, -0.05) is 37.6 Å². The van der Waals surface area contributed by atoms with E-state index in [0.717, 1.165) is 38.6 Å². The highest BCUT2D eigenvalue weighted by molar-refractivity contribution is 8.00. The van der Waals surface area contributed by atoms with Gasteiger partial charge in [-0.2, -0.15) is 8.42 Å². The number of hydrogen-bond donors (Lipinski definition) is 0. The van der Waals surface area contributed by atoms with Crippen LogP contribution in [0.2, 0.25) is 0 Å². The zero-order chi connectivity index (χ0) is 20.6. The molecule has 0 bridgehead atoms. The van der Waals surface area contributed by atoms with E-state index in [1.54, 1.807) is 0 Å². The van der Waals surface area contributed by atoms with Gasteiger partial charge >= 0.3 is 0 Å². The molecule has 1 amide bonds. The maximum atomic E-state index is 12.8. The van der Waals surface area contributed by atoms with Gasteiger partial charge < -0.3 is 9.80 Å². The Hall–Kier alpha value is -2.15. The van der Waals surface area contributed by atoms with Crippen molar-refractivity contribution in [3.63, 3.8) is 0 Å². The van der Waals surface area contributed by atoms with E-state index in [2.05, 4.69) is 11.3 Å². The number of benzene rings is 1. The summed E-state index contributed by atoms with van der Waals surface area (Å²) in [7, 11) is -3.71. The van der Waals surface area contributed by atoms with E-state index in [9.17, 15) is 13.2 Å². The first-order valence-corrected chi connectivity index (χ1v) is 12.0. The first-order valence-electron chi connectivity index (χ1n) is 10.6. The molecule has 1 aromatic carbocycles. The lowest BCUT2D eigenvalue weighted by Crippen LogP contribution is -2.41. The number of nitrogens with zero attached hydrogens (tertiary/aromatic N) is 3. The molecule has 1 saturated heterocycles. The van der Waals surface area contributed by atoms with Crippen LogP contribution in [0.3, 0.4) is 0 Å². The molecule has 3 aliphatic rings. The molecule has 0 unspecified atom stereocenters. The number of aryl methyl sites for hydroxylation is 1. The molecule has 0 spiro atoms. The Kier molecular flexibility index (Phi) is 5.51. The smallest absolute Gasteiger partial charge is 0.285 e. The molecule has 156 valence electrons. The zero-order valence-electron chi connectivity index (χ0n) is 17.2. The molecule has 1 aromatic rings. The van der Waals surface area contributed by atoms with E-state index in [0.29, 0.717) is 41.5 Å². The van der Waals surface area contributed by atoms with Gasteiger partial charge in [0.05, 0.1) is 0 Å². The van der Waals surface area contributed by atoms with Crippen molar-refractivity contribution in [1.29, 1.82) is 0 Å². The Morgan fingerprint density at radius 3 is 2.41 bits per heavy atom. The predicted molar refractivity (Wildman–Crippen MR) is 115 cm³/mol. The summed E-state index contributed by atoms with van der Waals surface area (Å²) in [6.07, 6.45) is 4.90. The van der Waals surface area contributed by atoms with Crippen LogP contribution in [0.5, 0.6) is 0 Å². The minimum absolute atomic E-state index is 0.199. The van der Waals surface area contributed by atoms with E-state index in [1.165, 1.54) is 5.56 Å². The summed E-state index contributed by atoms with van der Waals surface area (Å²) in [6.45, 7) is 6.61. The third-order valence-corrected chi connectivity index (χ3v) is 7.80. The normalized spacial score (nSPS) is 22.3. The summed E-state index contributed by atoms with van der Waals surface area (Å²) < 4.78 is 29.8. The fourth-order valence-corrected chi connectivity index (χ4v) is 5.82. The van der Waals surface area contributed by atoms with Gasteiger partial charge in [0.2, 0.25) is 5.91 Å². The summed E-state index contributed by atoms with van der Waals surface area (Å²) in [6, 6.07) is 7.68. The largest absolute Gasteiger partial charge is 0.354 e. The second-order valence-electron chi connectivity index (χ2n) is 8.19. The molecule has 1 aliphatic carbocycles. The summed E-state index contributed by atoms with van der Waals surface area (Å²) in [4.78, 5) is 16.9. The van der Waals surface area contributed by atoms with Crippen LogP contribution in [0.1, 0.15) is 50.7 Å². The van der Waals surface area contributed by atoms with Crippen molar-refractivity contribution in [2.24, 2.45) is 10.3 Å². The molecule has 7 heteroatoms. The van der Waals surface area contributed by atoms with Crippen molar-refractivity contribution in [3.8, 4) is 0 Å². The highest BCUT2D eigenvalue weighted by atomic mass is 32.2. The Labute approximate surface area is 173 Å². The first-order chi connectivity index (χ1) is 13.9. The van der Waals surface area contributed by atoms with Crippen LogP contribution in [0.25, 0.3) is 4.91 Å². The second-order valence-corrected chi connectivity index (χ2v) is 9.73. The fourth-order valence-electron chi connectivity index (χ4n) is 4.34. The lowest BCUT2D eigenvalue weighted by molar-refractivity contribution is -0.138. The van der Waals surface area contributed by atoms with Crippen molar-refractivity contribution in [3.05, 3.63) is 41.0 Å². The van der Waals surface area contributed by atoms with Gasteiger partial charge in [0, 0.05) is 37.7 Å². The Balaban J connectivity index is 1.54. The molecule has 0 radical (unpaired) electrons. The predicted octanol–water partition coefficient (Wildman–Crippen LogP) is 3.06. The van der Waals surface area contributed by atoms with Gasteiger partial charge in [-0.15, -0.1) is 4.40 Å². The van der Waals surface area contributed by atoms with Crippen molar-refractivity contribution < 1.29 is 13.2 Å². The number of amidine groups is 1. The fraction of sp³-hybridized carbons (Fsp3) is 0.545. The third kappa shape index (κ3) is 3.84. The van der Waals surface area contributed by atoms with E-state index in [-0.39, 0.29) is 11.8 Å². The molecule has 0 atom stereocenters. The molecule has 4 rings (SSSR count). The maximum Gasteiger partial charge on any atom is 0.285 e.